The lowest BCUT2D eigenvalue weighted by atomic mass is 9.94. The molecule has 1 aliphatic heterocycles. The van der Waals surface area contributed by atoms with E-state index in [2.05, 4.69) is 29.8 Å². The maximum atomic E-state index is 5.19. The Morgan fingerprint density at radius 2 is 2.22 bits per heavy atom. The van der Waals surface area contributed by atoms with E-state index in [1.807, 2.05) is 6.07 Å². The molecule has 0 aromatic carbocycles. The minimum atomic E-state index is 0.595. The van der Waals surface area contributed by atoms with E-state index >= 15 is 0 Å². The van der Waals surface area contributed by atoms with Crippen LogP contribution in [-0.2, 0) is 0 Å². The van der Waals surface area contributed by atoms with Crippen LogP contribution in [0.5, 0.6) is 0 Å². The van der Waals surface area contributed by atoms with E-state index in [1.165, 1.54) is 56.5 Å². The van der Waals surface area contributed by atoms with Gasteiger partial charge in [0.1, 0.15) is 4.64 Å². The summed E-state index contributed by atoms with van der Waals surface area (Å²) in [5.41, 5.74) is 2.69. The molecule has 18 heavy (non-hydrogen) atoms. The number of rotatable bonds is 4. The van der Waals surface area contributed by atoms with Gasteiger partial charge in [-0.2, -0.15) is 0 Å². The van der Waals surface area contributed by atoms with Gasteiger partial charge in [0.05, 0.1) is 0 Å². The second-order valence-electron chi connectivity index (χ2n) is 5.30. The molecule has 0 bridgehead atoms. The van der Waals surface area contributed by atoms with Gasteiger partial charge in [0.15, 0.2) is 0 Å². The average Bonchev–Trinajstić information content (AvgIpc) is 2.37. The van der Waals surface area contributed by atoms with E-state index in [1.54, 1.807) is 0 Å². The van der Waals surface area contributed by atoms with Crippen LogP contribution in [0.25, 0.3) is 0 Å². The third kappa shape index (κ3) is 3.21. The Morgan fingerprint density at radius 1 is 1.39 bits per heavy atom. The number of pyridine rings is 1. The number of aromatic amines is 1. The van der Waals surface area contributed by atoms with Crippen LogP contribution >= 0.6 is 12.2 Å². The van der Waals surface area contributed by atoms with E-state index in [4.69, 9.17) is 12.2 Å². The van der Waals surface area contributed by atoms with E-state index in [-0.39, 0.29) is 0 Å². The van der Waals surface area contributed by atoms with Crippen molar-refractivity contribution in [1.29, 1.82) is 0 Å². The first-order valence-corrected chi connectivity index (χ1v) is 7.57. The summed E-state index contributed by atoms with van der Waals surface area (Å²) in [7, 11) is 0. The second kappa shape index (κ2) is 6.48. The molecule has 0 saturated carbocycles. The van der Waals surface area contributed by atoms with Gasteiger partial charge in [-0.3, -0.25) is 4.90 Å². The Hall–Kier alpha value is -0.670. The van der Waals surface area contributed by atoms with Crippen LogP contribution < -0.4 is 0 Å². The van der Waals surface area contributed by atoms with Crippen LogP contribution in [0.2, 0.25) is 0 Å². The Labute approximate surface area is 115 Å². The van der Waals surface area contributed by atoms with Crippen molar-refractivity contribution in [2.45, 2.75) is 52.0 Å². The van der Waals surface area contributed by atoms with Crippen molar-refractivity contribution < 1.29 is 0 Å². The maximum absolute atomic E-state index is 5.19. The summed E-state index contributed by atoms with van der Waals surface area (Å²) >= 11 is 5.19. The van der Waals surface area contributed by atoms with Gasteiger partial charge in [-0.25, -0.2) is 0 Å². The van der Waals surface area contributed by atoms with Gasteiger partial charge in [-0.05, 0) is 50.9 Å². The molecular weight excluding hydrogens is 240 g/mol. The van der Waals surface area contributed by atoms with Gasteiger partial charge < -0.3 is 4.98 Å². The predicted molar refractivity (Wildman–Crippen MR) is 79.4 cm³/mol. The molecule has 2 rings (SSSR count). The number of nitrogens with one attached hydrogen (secondary N) is 1. The van der Waals surface area contributed by atoms with Gasteiger partial charge in [-0.15, -0.1) is 0 Å². The molecule has 0 unspecified atom stereocenters. The van der Waals surface area contributed by atoms with Crippen molar-refractivity contribution in [2.24, 2.45) is 0 Å². The summed E-state index contributed by atoms with van der Waals surface area (Å²) in [6.45, 7) is 6.90. The smallest absolute Gasteiger partial charge is 0.103 e. The predicted octanol–water partition coefficient (Wildman–Crippen LogP) is 4.38. The number of piperidine rings is 1. The number of aryl methyl sites for hydroxylation is 1. The van der Waals surface area contributed by atoms with Crippen LogP contribution in [0.1, 0.15) is 56.3 Å². The van der Waals surface area contributed by atoms with E-state index in [9.17, 15) is 0 Å². The molecule has 2 nitrogen and oxygen atoms in total. The zero-order chi connectivity index (χ0) is 13.0. The average molecular weight is 264 g/mol. The molecule has 1 atom stereocenters. The van der Waals surface area contributed by atoms with Crippen molar-refractivity contribution >= 4 is 12.2 Å². The third-order valence-electron chi connectivity index (χ3n) is 3.93. The van der Waals surface area contributed by atoms with Crippen molar-refractivity contribution in [3.05, 3.63) is 28.0 Å². The lowest BCUT2D eigenvalue weighted by Crippen LogP contribution is -2.34. The lowest BCUT2D eigenvalue weighted by molar-refractivity contribution is 0.146. The summed E-state index contributed by atoms with van der Waals surface area (Å²) in [4.78, 5) is 5.96. The zero-order valence-corrected chi connectivity index (χ0v) is 12.4. The van der Waals surface area contributed by atoms with Gasteiger partial charge in [-0.1, -0.05) is 38.0 Å². The Balaban J connectivity index is 2.19. The monoisotopic (exact) mass is 264 g/mol. The van der Waals surface area contributed by atoms with Gasteiger partial charge in [0.25, 0.3) is 0 Å². The summed E-state index contributed by atoms with van der Waals surface area (Å²) in [6, 6.07) is 4.85. The number of likely N-dealkylation sites (tertiary alicyclic amines) is 1. The summed E-state index contributed by atoms with van der Waals surface area (Å²) in [5.74, 6) is 0. The first kappa shape index (κ1) is 13.8. The van der Waals surface area contributed by atoms with Crippen molar-refractivity contribution in [3.63, 3.8) is 0 Å². The SMILES string of the molecule is CCCCN1CCCC[C@@H]1c1ccc(=S)[nH]c1C. The molecule has 1 aromatic heterocycles. The molecular formula is C15H24N2S. The fourth-order valence-electron chi connectivity index (χ4n) is 2.92. The zero-order valence-electron chi connectivity index (χ0n) is 11.5. The van der Waals surface area contributed by atoms with Crippen LogP contribution in [0.4, 0.5) is 0 Å². The van der Waals surface area contributed by atoms with Crippen molar-refractivity contribution in [3.8, 4) is 0 Å². The molecule has 1 aliphatic rings. The molecule has 1 saturated heterocycles. The molecule has 3 heteroatoms. The van der Waals surface area contributed by atoms with Gasteiger partial charge in [0, 0.05) is 11.7 Å². The highest BCUT2D eigenvalue weighted by molar-refractivity contribution is 7.71. The molecule has 1 N–H and O–H groups in total. The normalized spacial score (nSPS) is 21.1. The lowest BCUT2D eigenvalue weighted by Gasteiger charge is -2.36. The fraction of sp³-hybridized carbons (Fsp3) is 0.667. The van der Waals surface area contributed by atoms with Crippen LogP contribution in [-0.4, -0.2) is 23.0 Å². The second-order valence-corrected chi connectivity index (χ2v) is 5.74. The van der Waals surface area contributed by atoms with Crippen molar-refractivity contribution in [2.75, 3.05) is 13.1 Å². The summed E-state index contributed by atoms with van der Waals surface area (Å²) in [6.07, 6.45) is 6.57. The van der Waals surface area contributed by atoms with Crippen molar-refractivity contribution in [1.82, 2.24) is 9.88 Å². The molecule has 1 aromatic rings. The molecule has 0 spiro atoms. The highest BCUT2D eigenvalue weighted by Crippen LogP contribution is 2.32. The summed E-state index contributed by atoms with van der Waals surface area (Å²) in [5, 5.41) is 0. The minimum Gasteiger partial charge on any atom is -0.350 e. The number of hydrogen-bond donors (Lipinski definition) is 1. The Bertz CT molecular complexity index is 438. The highest BCUT2D eigenvalue weighted by atomic mass is 32.1. The van der Waals surface area contributed by atoms with Crippen LogP contribution in [0.15, 0.2) is 12.1 Å². The highest BCUT2D eigenvalue weighted by Gasteiger charge is 2.24. The van der Waals surface area contributed by atoms with Crippen LogP contribution in [0.3, 0.4) is 0 Å². The van der Waals surface area contributed by atoms with Crippen LogP contribution in [0, 0.1) is 11.6 Å². The maximum Gasteiger partial charge on any atom is 0.103 e. The number of aromatic nitrogens is 1. The first-order chi connectivity index (χ1) is 8.72. The number of nitrogens with zero attached hydrogens (tertiary/aromatic N) is 1. The van der Waals surface area contributed by atoms with Gasteiger partial charge in [0.2, 0.25) is 0 Å². The molecule has 2 heterocycles. The first-order valence-electron chi connectivity index (χ1n) is 7.16. The van der Waals surface area contributed by atoms with Gasteiger partial charge >= 0.3 is 0 Å². The largest absolute Gasteiger partial charge is 0.350 e. The molecule has 1 fully saturated rings. The third-order valence-corrected chi connectivity index (χ3v) is 4.17. The molecule has 0 radical (unpaired) electrons. The fourth-order valence-corrected chi connectivity index (χ4v) is 3.14. The molecule has 0 aliphatic carbocycles. The van der Waals surface area contributed by atoms with E-state index in [0.29, 0.717) is 6.04 Å². The minimum absolute atomic E-state index is 0.595. The van der Waals surface area contributed by atoms with E-state index in [0.717, 1.165) is 4.64 Å². The number of hydrogen-bond acceptors (Lipinski definition) is 2. The van der Waals surface area contributed by atoms with E-state index < -0.39 is 0 Å². The Kier molecular flexibility index (Phi) is 4.95. The molecule has 0 amide bonds. The topological polar surface area (TPSA) is 19.0 Å². The standard InChI is InChI=1S/C15H24N2S/c1-3-4-10-17-11-6-5-7-14(17)13-8-9-15(18)16-12(13)2/h8-9,14H,3-7,10-11H2,1-2H3,(H,16,18)/t14-/m1/s1. The quantitative estimate of drug-likeness (QED) is 0.814. The summed E-state index contributed by atoms with van der Waals surface area (Å²) < 4.78 is 0.840. The molecule has 100 valence electrons. The Morgan fingerprint density at radius 3 is 2.94 bits per heavy atom. The number of unbranched alkanes of at least 4 members (excludes halogenated alkanes) is 1. The number of H-pyrrole nitrogens is 1.